The van der Waals surface area contributed by atoms with Gasteiger partial charge in [-0.2, -0.15) is 0 Å². The molecule has 2 rings (SSSR count). The van der Waals surface area contributed by atoms with Crippen molar-refractivity contribution in [3.05, 3.63) is 53.6 Å². The summed E-state index contributed by atoms with van der Waals surface area (Å²) in [7, 11) is 0. The number of allylic oxidation sites excluding steroid dienone is 2. The third-order valence-corrected chi connectivity index (χ3v) is 4.38. The van der Waals surface area contributed by atoms with Gasteiger partial charge in [0.2, 0.25) is 0 Å². The van der Waals surface area contributed by atoms with Crippen molar-refractivity contribution < 1.29 is 19.7 Å². The molecule has 0 saturated heterocycles. The fourth-order valence-corrected chi connectivity index (χ4v) is 2.88. The number of Topliss-reactive ketones (excluding diaryl/α,β-unsaturated/α-hetero) is 1. The van der Waals surface area contributed by atoms with Gasteiger partial charge in [-0.15, -0.1) is 0 Å². The Labute approximate surface area is 149 Å². The second-order valence-corrected chi connectivity index (χ2v) is 6.52. The van der Waals surface area contributed by atoms with Crippen molar-refractivity contribution in [3.8, 4) is 0 Å². The van der Waals surface area contributed by atoms with Crippen LogP contribution in [0, 0.1) is 0 Å². The molecular formula is C21H28O4. The molecule has 0 aromatic heterocycles. The SMILES string of the molecule is CCCCCCCCOC1(O)C=C/C(=C(/O)c2ccccc2)C(=O)C1. The zero-order chi connectivity index (χ0) is 18.1. The van der Waals surface area contributed by atoms with Crippen LogP contribution in [0.15, 0.2) is 48.1 Å². The zero-order valence-electron chi connectivity index (χ0n) is 14.9. The van der Waals surface area contributed by atoms with Crippen LogP contribution in [-0.4, -0.2) is 28.4 Å². The van der Waals surface area contributed by atoms with Gasteiger partial charge in [0.05, 0.1) is 18.6 Å². The van der Waals surface area contributed by atoms with Gasteiger partial charge in [0.1, 0.15) is 5.76 Å². The maximum Gasteiger partial charge on any atom is 0.192 e. The van der Waals surface area contributed by atoms with Gasteiger partial charge in [0.15, 0.2) is 11.6 Å². The smallest absolute Gasteiger partial charge is 0.192 e. The Morgan fingerprint density at radius 2 is 1.80 bits per heavy atom. The number of hydrogen-bond acceptors (Lipinski definition) is 4. The second kappa shape index (κ2) is 9.54. The number of unbranched alkanes of at least 4 members (excludes halogenated alkanes) is 5. The van der Waals surface area contributed by atoms with Crippen LogP contribution in [0.2, 0.25) is 0 Å². The Morgan fingerprint density at radius 1 is 1.12 bits per heavy atom. The molecule has 1 atom stereocenters. The van der Waals surface area contributed by atoms with Crippen LogP contribution in [0.3, 0.4) is 0 Å². The van der Waals surface area contributed by atoms with Crippen molar-refractivity contribution in [2.75, 3.05) is 6.61 Å². The van der Waals surface area contributed by atoms with E-state index in [2.05, 4.69) is 6.92 Å². The molecule has 4 nitrogen and oxygen atoms in total. The van der Waals surface area contributed by atoms with E-state index in [0.717, 1.165) is 12.8 Å². The minimum atomic E-state index is -1.57. The number of hydrogen-bond donors (Lipinski definition) is 2. The quantitative estimate of drug-likeness (QED) is 0.298. The topological polar surface area (TPSA) is 66.8 Å². The molecule has 0 spiro atoms. The van der Waals surface area contributed by atoms with Gasteiger partial charge in [0.25, 0.3) is 0 Å². The average molecular weight is 344 g/mol. The number of ketones is 1. The molecule has 4 heteroatoms. The Kier molecular flexibility index (Phi) is 7.41. The molecule has 0 radical (unpaired) electrons. The highest BCUT2D eigenvalue weighted by atomic mass is 16.6. The van der Waals surface area contributed by atoms with E-state index in [4.69, 9.17) is 4.74 Å². The Bertz CT molecular complexity index is 618. The molecule has 0 heterocycles. The molecule has 1 aliphatic carbocycles. The molecule has 1 aliphatic rings. The van der Waals surface area contributed by atoms with Crippen LogP contribution in [0.5, 0.6) is 0 Å². The Morgan fingerprint density at radius 3 is 2.48 bits per heavy atom. The van der Waals surface area contributed by atoms with Crippen molar-refractivity contribution in [2.24, 2.45) is 0 Å². The first kappa shape index (κ1) is 19.4. The molecule has 1 aromatic rings. The van der Waals surface area contributed by atoms with E-state index >= 15 is 0 Å². The van der Waals surface area contributed by atoms with E-state index in [1.54, 1.807) is 24.3 Å². The summed E-state index contributed by atoms with van der Waals surface area (Å²) in [4.78, 5) is 12.3. The highest BCUT2D eigenvalue weighted by Crippen LogP contribution is 2.28. The van der Waals surface area contributed by atoms with Gasteiger partial charge in [-0.3, -0.25) is 4.79 Å². The van der Waals surface area contributed by atoms with Crippen LogP contribution in [0.25, 0.3) is 5.76 Å². The first-order valence-electron chi connectivity index (χ1n) is 9.13. The van der Waals surface area contributed by atoms with Crippen LogP contribution in [0.1, 0.15) is 57.4 Å². The normalized spacial score (nSPS) is 22.2. The lowest BCUT2D eigenvalue weighted by atomic mass is 9.93. The molecule has 1 aromatic carbocycles. The Hall–Kier alpha value is -1.91. The third-order valence-electron chi connectivity index (χ3n) is 4.38. The van der Waals surface area contributed by atoms with E-state index in [1.807, 2.05) is 6.07 Å². The van der Waals surface area contributed by atoms with Crippen LogP contribution in [0.4, 0.5) is 0 Å². The number of carbonyl (C=O) groups excluding carboxylic acids is 1. The first-order chi connectivity index (χ1) is 12.1. The highest BCUT2D eigenvalue weighted by molar-refractivity contribution is 6.05. The maximum atomic E-state index is 12.3. The molecule has 0 saturated carbocycles. The van der Waals surface area contributed by atoms with E-state index in [-0.39, 0.29) is 23.5 Å². The number of aliphatic hydroxyl groups excluding tert-OH is 1. The van der Waals surface area contributed by atoms with E-state index < -0.39 is 5.79 Å². The molecule has 136 valence electrons. The van der Waals surface area contributed by atoms with Crippen molar-refractivity contribution in [1.82, 2.24) is 0 Å². The van der Waals surface area contributed by atoms with Crippen molar-refractivity contribution in [3.63, 3.8) is 0 Å². The standard InChI is InChI=1S/C21H28O4/c1-2-3-4-5-6-10-15-25-21(24)14-13-18(19(22)16-21)20(23)17-11-8-7-9-12-17/h7-9,11-14,23-24H,2-6,10,15-16H2,1H3/b20-18-. The summed E-state index contributed by atoms with van der Waals surface area (Å²) in [6.45, 7) is 2.60. The maximum absolute atomic E-state index is 12.3. The van der Waals surface area contributed by atoms with Crippen molar-refractivity contribution in [1.29, 1.82) is 0 Å². The van der Waals surface area contributed by atoms with E-state index in [1.165, 1.54) is 37.8 Å². The molecule has 0 aliphatic heterocycles. The number of benzene rings is 1. The highest BCUT2D eigenvalue weighted by Gasteiger charge is 2.34. The predicted octanol–water partition coefficient (Wildman–Crippen LogP) is 4.55. The fraction of sp³-hybridized carbons (Fsp3) is 0.476. The summed E-state index contributed by atoms with van der Waals surface area (Å²) in [5.41, 5.74) is 0.785. The number of rotatable bonds is 9. The van der Waals surface area contributed by atoms with Gasteiger partial charge in [0, 0.05) is 5.56 Å². The summed E-state index contributed by atoms with van der Waals surface area (Å²) < 4.78 is 5.52. The summed E-state index contributed by atoms with van der Waals surface area (Å²) in [6.07, 6.45) is 9.53. The lowest BCUT2D eigenvalue weighted by Gasteiger charge is -2.28. The lowest BCUT2D eigenvalue weighted by molar-refractivity contribution is -0.176. The van der Waals surface area contributed by atoms with Gasteiger partial charge >= 0.3 is 0 Å². The molecule has 0 fully saturated rings. The summed E-state index contributed by atoms with van der Waals surface area (Å²) in [6, 6.07) is 8.90. The average Bonchev–Trinajstić information content (AvgIpc) is 2.61. The van der Waals surface area contributed by atoms with Gasteiger partial charge < -0.3 is 14.9 Å². The monoisotopic (exact) mass is 344 g/mol. The van der Waals surface area contributed by atoms with Crippen LogP contribution >= 0.6 is 0 Å². The van der Waals surface area contributed by atoms with Crippen LogP contribution in [-0.2, 0) is 9.53 Å². The van der Waals surface area contributed by atoms with Crippen molar-refractivity contribution in [2.45, 2.75) is 57.7 Å². The Balaban J connectivity index is 1.90. The molecular weight excluding hydrogens is 316 g/mol. The minimum Gasteiger partial charge on any atom is -0.507 e. The van der Waals surface area contributed by atoms with Gasteiger partial charge in [-0.1, -0.05) is 69.4 Å². The molecule has 2 N–H and O–H groups in total. The predicted molar refractivity (Wildman–Crippen MR) is 99.0 cm³/mol. The third kappa shape index (κ3) is 5.83. The number of aliphatic hydroxyl groups is 2. The lowest BCUT2D eigenvalue weighted by Crippen LogP contribution is -2.36. The molecule has 0 bridgehead atoms. The van der Waals surface area contributed by atoms with E-state index in [9.17, 15) is 15.0 Å². The molecule has 25 heavy (non-hydrogen) atoms. The summed E-state index contributed by atoms with van der Waals surface area (Å²) in [5.74, 6) is -1.96. The largest absolute Gasteiger partial charge is 0.507 e. The minimum absolute atomic E-state index is 0.0696. The van der Waals surface area contributed by atoms with Gasteiger partial charge in [-0.05, 0) is 18.6 Å². The summed E-state index contributed by atoms with van der Waals surface area (Å²) >= 11 is 0. The number of ether oxygens (including phenoxy) is 1. The first-order valence-corrected chi connectivity index (χ1v) is 9.13. The summed E-state index contributed by atoms with van der Waals surface area (Å²) in [5, 5.41) is 20.7. The second-order valence-electron chi connectivity index (χ2n) is 6.52. The molecule has 1 unspecified atom stereocenters. The van der Waals surface area contributed by atoms with Gasteiger partial charge in [-0.25, -0.2) is 0 Å². The van der Waals surface area contributed by atoms with Crippen molar-refractivity contribution >= 4 is 11.5 Å². The van der Waals surface area contributed by atoms with Crippen LogP contribution < -0.4 is 0 Å². The molecule has 0 amide bonds. The van der Waals surface area contributed by atoms with E-state index in [0.29, 0.717) is 12.2 Å². The zero-order valence-corrected chi connectivity index (χ0v) is 14.9. The number of carbonyl (C=O) groups is 1. The fourth-order valence-electron chi connectivity index (χ4n) is 2.88.